The lowest BCUT2D eigenvalue weighted by atomic mass is 10.1. The van der Waals surface area contributed by atoms with Crippen molar-refractivity contribution in [1.82, 2.24) is 10.6 Å². The van der Waals surface area contributed by atoms with Crippen LogP contribution in [0, 0.1) is 0 Å². The van der Waals surface area contributed by atoms with Gasteiger partial charge in [-0.2, -0.15) is 0 Å². The van der Waals surface area contributed by atoms with E-state index >= 15 is 0 Å². The van der Waals surface area contributed by atoms with Crippen molar-refractivity contribution in [1.29, 1.82) is 0 Å². The first-order valence-corrected chi connectivity index (χ1v) is 6.89. The Morgan fingerprint density at radius 3 is 2.95 bits per heavy atom. The number of nitrogens with one attached hydrogen (secondary N) is 2. The Labute approximate surface area is 114 Å². The van der Waals surface area contributed by atoms with Gasteiger partial charge in [0.05, 0.1) is 6.10 Å². The van der Waals surface area contributed by atoms with E-state index in [0.717, 1.165) is 25.1 Å². The third kappa shape index (κ3) is 4.04. The van der Waals surface area contributed by atoms with E-state index in [9.17, 15) is 4.79 Å². The second-order valence-electron chi connectivity index (χ2n) is 5.12. The van der Waals surface area contributed by atoms with Gasteiger partial charge in [0.25, 0.3) is 5.91 Å². The fourth-order valence-corrected chi connectivity index (χ4v) is 2.13. The Hall–Kier alpha value is -1.39. The van der Waals surface area contributed by atoms with Crippen LogP contribution in [0.25, 0.3) is 0 Å². The van der Waals surface area contributed by atoms with Crippen molar-refractivity contribution in [3.8, 4) is 0 Å². The molecule has 0 bridgehead atoms. The van der Waals surface area contributed by atoms with Crippen LogP contribution >= 0.6 is 0 Å². The van der Waals surface area contributed by atoms with Crippen molar-refractivity contribution in [2.24, 2.45) is 0 Å². The molecule has 19 heavy (non-hydrogen) atoms. The van der Waals surface area contributed by atoms with Crippen LogP contribution in [-0.2, 0) is 17.8 Å². The van der Waals surface area contributed by atoms with Gasteiger partial charge in [0.2, 0.25) is 0 Å². The summed E-state index contributed by atoms with van der Waals surface area (Å²) in [5, 5.41) is 6.20. The molecule has 1 heterocycles. The zero-order chi connectivity index (χ0) is 13.7. The first-order chi connectivity index (χ1) is 9.16. The summed E-state index contributed by atoms with van der Waals surface area (Å²) in [6.45, 7) is 7.13. The number of hydrogen-bond donors (Lipinski definition) is 2. The molecule has 0 unspecified atom stereocenters. The molecule has 0 spiro atoms. The van der Waals surface area contributed by atoms with Gasteiger partial charge >= 0.3 is 0 Å². The SMILES string of the molecule is CC(C)OCCCNC(=O)c1ccc2c(c1)CNC2. The number of benzene rings is 1. The molecule has 2 N–H and O–H groups in total. The van der Waals surface area contributed by atoms with Gasteiger partial charge in [0, 0.05) is 31.8 Å². The second kappa shape index (κ2) is 6.68. The molecule has 0 saturated heterocycles. The Kier molecular flexibility index (Phi) is 4.93. The van der Waals surface area contributed by atoms with Crippen LogP contribution in [0.1, 0.15) is 41.8 Å². The van der Waals surface area contributed by atoms with Crippen LogP contribution in [0.3, 0.4) is 0 Å². The minimum absolute atomic E-state index is 0.000697. The lowest BCUT2D eigenvalue weighted by Crippen LogP contribution is -2.25. The zero-order valence-corrected chi connectivity index (χ0v) is 11.7. The highest BCUT2D eigenvalue weighted by molar-refractivity contribution is 5.94. The summed E-state index contributed by atoms with van der Waals surface area (Å²) >= 11 is 0. The van der Waals surface area contributed by atoms with Gasteiger partial charge in [-0.05, 0) is 43.5 Å². The first-order valence-electron chi connectivity index (χ1n) is 6.89. The van der Waals surface area contributed by atoms with Crippen molar-refractivity contribution in [2.45, 2.75) is 39.5 Å². The van der Waals surface area contributed by atoms with Crippen LogP contribution in [-0.4, -0.2) is 25.2 Å². The minimum Gasteiger partial charge on any atom is -0.379 e. The molecule has 0 atom stereocenters. The summed E-state index contributed by atoms with van der Waals surface area (Å²) < 4.78 is 5.43. The average molecular weight is 262 g/mol. The maximum Gasteiger partial charge on any atom is 0.251 e. The van der Waals surface area contributed by atoms with Crippen LogP contribution in [0.5, 0.6) is 0 Å². The standard InChI is InChI=1S/C15H22N2O2/c1-11(2)19-7-3-6-17-15(18)12-4-5-13-9-16-10-14(13)8-12/h4-5,8,11,16H,3,6-7,9-10H2,1-2H3,(H,17,18). The van der Waals surface area contributed by atoms with Crippen LogP contribution in [0.15, 0.2) is 18.2 Å². The largest absolute Gasteiger partial charge is 0.379 e. The summed E-state index contributed by atoms with van der Waals surface area (Å²) in [4.78, 5) is 12.0. The maximum atomic E-state index is 12.0. The van der Waals surface area contributed by atoms with Gasteiger partial charge in [-0.25, -0.2) is 0 Å². The monoisotopic (exact) mass is 262 g/mol. The van der Waals surface area contributed by atoms with Gasteiger partial charge in [-0.15, -0.1) is 0 Å². The smallest absolute Gasteiger partial charge is 0.251 e. The van der Waals surface area contributed by atoms with E-state index in [1.54, 1.807) is 0 Å². The van der Waals surface area contributed by atoms with Crippen molar-refractivity contribution < 1.29 is 9.53 Å². The van der Waals surface area contributed by atoms with E-state index in [-0.39, 0.29) is 12.0 Å². The molecule has 1 aliphatic heterocycles. The van der Waals surface area contributed by atoms with Crippen molar-refractivity contribution >= 4 is 5.91 Å². The highest BCUT2D eigenvalue weighted by Crippen LogP contribution is 2.16. The molecule has 0 saturated carbocycles. The highest BCUT2D eigenvalue weighted by Gasteiger charge is 2.12. The minimum atomic E-state index is -0.000697. The molecule has 0 aliphatic carbocycles. The normalized spacial score (nSPS) is 13.6. The van der Waals surface area contributed by atoms with Crippen molar-refractivity contribution in [2.75, 3.05) is 13.2 Å². The van der Waals surface area contributed by atoms with E-state index in [1.165, 1.54) is 11.1 Å². The Morgan fingerprint density at radius 1 is 1.37 bits per heavy atom. The number of hydrogen-bond acceptors (Lipinski definition) is 3. The molecule has 0 fully saturated rings. The summed E-state index contributed by atoms with van der Waals surface area (Å²) in [5.74, 6) is -0.000697. The third-order valence-electron chi connectivity index (χ3n) is 3.16. The van der Waals surface area contributed by atoms with Crippen LogP contribution in [0.2, 0.25) is 0 Å². The second-order valence-corrected chi connectivity index (χ2v) is 5.12. The van der Waals surface area contributed by atoms with E-state index in [0.29, 0.717) is 13.2 Å². The van der Waals surface area contributed by atoms with Crippen molar-refractivity contribution in [3.63, 3.8) is 0 Å². The molecule has 2 rings (SSSR count). The summed E-state index contributed by atoms with van der Waals surface area (Å²) in [6, 6.07) is 5.91. The Morgan fingerprint density at radius 2 is 2.16 bits per heavy atom. The number of fused-ring (bicyclic) bond motifs is 1. The molecule has 0 radical (unpaired) electrons. The molecule has 4 heteroatoms. The van der Waals surface area contributed by atoms with E-state index in [4.69, 9.17) is 4.74 Å². The quantitative estimate of drug-likeness (QED) is 0.769. The molecule has 1 aromatic carbocycles. The molecule has 104 valence electrons. The number of rotatable bonds is 6. The number of carbonyl (C=O) groups is 1. The molecular formula is C15H22N2O2. The average Bonchev–Trinajstić information content (AvgIpc) is 2.84. The van der Waals surface area contributed by atoms with Crippen molar-refractivity contribution in [3.05, 3.63) is 34.9 Å². The Balaban J connectivity index is 1.77. The zero-order valence-electron chi connectivity index (χ0n) is 11.7. The van der Waals surface area contributed by atoms with E-state index in [2.05, 4.69) is 10.6 Å². The molecule has 0 aromatic heterocycles. The predicted molar refractivity (Wildman–Crippen MR) is 75.0 cm³/mol. The van der Waals surface area contributed by atoms with Gasteiger partial charge in [-0.1, -0.05) is 6.07 Å². The predicted octanol–water partition coefficient (Wildman–Crippen LogP) is 1.83. The molecule has 4 nitrogen and oxygen atoms in total. The van der Waals surface area contributed by atoms with Gasteiger partial charge in [0.15, 0.2) is 0 Å². The van der Waals surface area contributed by atoms with Gasteiger partial charge in [0.1, 0.15) is 0 Å². The molecular weight excluding hydrogens is 240 g/mol. The number of carbonyl (C=O) groups excluding carboxylic acids is 1. The summed E-state index contributed by atoms with van der Waals surface area (Å²) in [6.07, 6.45) is 1.09. The topological polar surface area (TPSA) is 50.4 Å². The fourth-order valence-electron chi connectivity index (χ4n) is 2.13. The highest BCUT2D eigenvalue weighted by atomic mass is 16.5. The lowest BCUT2D eigenvalue weighted by Gasteiger charge is -2.09. The van der Waals surface area contributed by atoms with Gasteiger partial charge in [-0.3, -0.25) is 4.79 Å². The van der Waals surface area contributed by atoms with E-state index in [1.807, 2.05) is 32.0 Å². The number of ether oxygens (including phenoxy) is 1. The third-order valence-corrected chi connectivity index (χ3v) is 3.16. The van der Waals surface area contributed by atoms with Gasteiger partial charge < -0.3 is 15.4 Å². The fraction of sp³-hybridized carbons (Fsp3) is 0.533. The molecule has 1 aromatic rings. The Bertz CT molecular complexity index is 444. The number of amides is 1. The summed E-state index contributed by atoms with van der Waals surface area (Å²) in [7, 11) is 0. The maximum absolute atomic E-state index is 12.0. The molecule has 1 amide bonds. The van der Waals surface area contributed by atoms with E-state index < -0.39 is 0 Å². The first kappa shape index (κ1) is 14.0. The molecule has 1 aliphatic rings. The lowest BCUT2D eigenvalue weighted by molar-refractivity contribution is 0.0757. The van der Waals surface area contributed by atoms with Crippen LogP contribution < -0.4 is 10.6 Å². The summed E-state index contributed by atoms with van der Waals surface area (Å²) in [5.41, 5.74) is 3.27. The van der Waals surface area contributed by atoms with Crippen LogP contribution in [0.4, 0.5) is 0 Å².